The van der Waals surface area contributed by atoms with Gasteiger partial charge in [0.2, 0.25) is 0 Å². The molecule has 1 atom stereocenters. The average molecular weight is 292 g/mol. The molecule has 1 aromatic heterocycles. The molecule has 0 spiro atoms. The van der Waals surface area contributed by atoms with Crippen LogP contribution in [-0.4, -0.2) is 16.3 Å². The Morgan fingerprint density at radius 2 is 2.05 bits per heavy atom. The average Bonchev–Trinajstić information content (AvgIpc) is 2.71. The van der Waals surface area contributed by atoms with Crippen LogP contribution in [0.3, 0.4) is 0 Å². The zero-order valence-electron chi connectivity index (χ0n) is 12.6. The number of nitrogens with zero attached hydrogens (tertiary/aromatic N) is 2. The van der Waals surface area contributed by atoms with Crippen LogP contribution in [0.5, 0.6) is 0 Å². The van der Waals surface area contributed by atoms with Gasteiger partial charge in [0.1, 0.15) is 0 Å². The standard InChI is InChI=1S/C16H22ClN3/c1-5-18-16(10-14-8-12(3)19-20(14)4)13-7-6-11(2)15(17)9-13/h6-9,16,18H,5,10H2,1-4H3. The van der Waals surface area contributed by atoms with Crippen LogP contribution in [0.25, 0.3) is 0 Å². The fraction of sp³-hybridized carbons (Fsp3) is 0.438. The van der Waals surface area contributed by atoms with E-state index in [0.29, 0.717) is 0 Å². The molecule has 1 unspecified atom stereocenters. The Morgan fingerprint density at radius 1 is 1.30 bits per heavy atom. The minimum absolute atomic E-state index is 0.257. The summed E-state index contributed by atoms with van der Waals surface area (Å²) in [5.41, 5.74) is 4.62. The third kappa shape index (κ3) is 3.41. The second kappa shape index (κ2) is 6.42. The first kappa shape index (κ1) is 15.1. The van der Waals surface area contributed by atoms with Gasteiger partial charge in [-0.2, -0.15) is 5.10 Å². The number of rotatable bonds is 5. The third-order valence-corrected chi connectivity index (χ3v) is 3.97. The molecule has 2 aromatic rings. The summed E-state index contributed by atoms with van der Waals surface area (Å²) in [6, 6.07) is 8.69. The van der Waals surface area contributed by atoms with E-state index in [1.807, 2.05) is 25.6 Å². The van der Waals surface area contributed by atoms with Crippen molar-refractivity contribution in [3.05, 3.63) is 51.8 Å². The van der Waals surface area contributed by atoms with Crippen molar-refractivity contribution < 1.29 is 0 Å². The Kier molecular flexibility index (Phi) is 4.84. The highest BCUT2D eigenvalue weighted by molar-refractivity contribution is 6.31. The van der Waals surface area contributed by atoms with Crippen LogP contribution in [0.2, 0.25) is 5.02 Å². The number of hydrogen-bond donors (Lipinski definition) is 1. The van der Waals surface area contributed by atoms with Crippen LogP contribution < -0.4 is 5.32 Å². The van der Waals surface area contributed by atoms with E-state index in [1.54, 1.807) is 0 Å². The first-order chi connectivity index (χ1) is 9.51. The van der Waals surface area contributed by atoms with Crippen molar-refractivity contribution in [2.75, 3.05) is 6.54 Å². The Bertz CT molecular complexity index is 589. The lowest BCUT2D eigenvalue weighted by atomic mass is 10.0. The number of nitrogens with one attached hydrogen (secondary N) is 1. The number of halogens is 1. The molecule has 3 nitrogen and oxygen atoms in total. The second-order valence-electron chi connectivity index (χ2n) is 5.22. The number of likely N-dealkylation sites (N-methyl/N-ethyl adjacent to an activating group) is 1. The summed E-state index contributed by atoms with van der Waals surface area (Å²) in [5.74, 6) is 0. The number of aryl methyl sites for hydroxylation is 3. The SMILES string of the molecule is CCNC(Cc1cc(C)nn1C)c1ccc(C)c(Cl)c1. The van der Waals surface area contributed by atoms with Crippen LogP contribution in [-0.2, 0) is 13.5 Å². The van der Waals surface area contributed by atoms with Crippen LogP contribution in [0.15, 0.2) is 24.3 Å². The molecule has 20 heavy (non-hydrogen) atoms. The van der Waals surface area contributed by atoms with E-state index in [9.17, 15) is 0 Å². The summed E-state index contributed by atoms with van der Waals surface area (Å²) in [7, 11) is 1.99. The highest BCUT2D eigenvalue weighted by Gasteiger charge is 2.14. The van der Waals surface area contributed by atoms with Crippen LogP contribution in [0, 0.1) is 13.8 Å². The summed E-state index contributed by atoms with van der Waals surface area (Å²) < 4.78 is 1.95. The molecule has 1 aromatic carbocycles. The molecule has 0 bridgehead atoms. The molecule has 2 rings (SSSR count). The van der Waals surface area contributed by atoms with Crippen molar-refractivity contribution in [2.45, 2.75) is 33.2 Å². The van der Waals surface area contributed by atoms with Gasteiger partial charge in [0.25, 0.3) is 0 Å². The monoisotopic (exact) mass is 291 g/mol. The lowest BCUT2D eigenvalue weighted by molar-refractivity contribution is 0.528. The van der Waals surface area contributed by atoms with Crippen LogP contribution >= 0.6 is 11.6 Å². The molecular formula is C16H22ClN3. The lowest BCUT2D eigenvalue weighted by Crippen LogP contribution is -2.24. The Labute approximate surface area is 126 Å². The predicted molar refractivity (Wildman–Crippen MR) is 84.3 cm³/mol. The summed E-state index contributed by atoms with van der Waals surface area (Å²) >= 11 is 6.25. The fourth-order valence-corrected chi connectivity index (χ4v) is 2.63. The van der Waals surface area contributed by atoms with Crippen molar-refractivity contribution in [2.24, 2.45) is 7.05 Å². The van der Waals surface area contributed by atoms with E-state index < -0.39 is 0 Å². The maximum absolute atomic E-state index is 6.25. The maximum atomic E-state index is 6.25. The molecule has 0 aliphatic heterocycles. The fourth-order valence-electron chi connectivity index (χ4n) is 2.44. The topological polar surface area (TPSA) is 29.9 Å². The minimum atomic E-state index is 0.257. The summed E-state index contributed by atoms with van der Waals surface area (Å²) in [4.78, 5) is 0. The molecule has 0 amide bonds. The van der Waals surface area contributed by atoms with Gasteiger partial charge >= 0.3 is 0 Å². The molecule has 0 fully saturated rings. The van der Waals surface area contributed by atoms with E-state index in [4.69, 9.17) is 11.6 Å². The molecular weight excluding hydrogens is 270 g/mol. The second-order valence-corrected chi connectivity index (χ2v) is 5.63. The molecule has 0 saturated carbocycles. The van der Waals surface area contributed by atoms with Gasteiger partial charge in [0.05, 0.1) is 5.69 Å². The van der Waals surface area contributed by atoms with Gasteiger partial charge in [0.15, 0.2) is 0 Å². The molecule has 4 heteroatoms. The minimum Gasteiger partial charge on any atom is -0.310 e. The first-order valence-corrected chi connectivity index (χ1v) is 7.38. The number of hydrogen-bond acceptors (Lipinski definition) is 2. The quantitative estimate of drug-likeness (QED) is 0.912. The van der Waals surface area contributed by atoms with Gasteiger partial charge < -0.3 is 5.32 Å². The summed E-state index contributed by atoms with van der Waals surface area (Å²) in [5, 5.41) is 8.77. The van der Waals surface area contributed by atoms with E-state index in [1.165, 1.54) is 11.3 Å². The summed E-state index contributed by atoms with van der Waals surface area (Å²) in [6.45, 7) is 7.09. The lowest BCUT2D eigenvalue weighted by Gasteiger charge is -2.19. The maximum Gasteiger partial charge on any atom is 0.0596 e. The van der Waals surface area contributed by atoms with Gasteiger partial charge in [-0.25, -0.2) is 0 Å². The number of benzene rings is 1. The highest BCUT2D eigenvalue weighted by Crippen LogP contribution is 2.24. The van der Waals surface area contributed by atoms with Gasteiger partial charge in [-0.05, 0) is 43.7 Å². The molecule has 0 saturated heterocycles. The van der Waals surface area contributed by atoms with E-state index in [2.05, 4.69) is 41.6 Å². The van der Waals surface area contributed by atoms with E-state index in [-0.39, 0.29) is 6.04 Å². The van der Waals surface area contributed by atoms with E-state index in [0.717, 1.165) is 29.2 Å². The Hall–Kier alpha value is -1.32. The summed E-state index contributed by atoms with van der Waals surface area (Å²) in [6.07, 6.45) is 0.907. The van der Waals surface area contributed by atoms with Crippen molar-refractivity contribution in [3.8, 4) is 0 Å². The molecule has 1 N–H and O–H groups in total. The molecule has 0 radical (unpaired) electrons. The predicted octanol–water partition coefficient (Wildman–Crippen LogP) is 3.58. The first-order valence-electron chi connectivity index (χ1n) is 7.00. The van der Waals surface area contributed by atoms with Gasteiger partial charge in [-0.3, -0.25) is 4.68 Å². The Morgan fingerprint density at radius 3 is 2.60 bits per heavy atom. The van der Waals surface area contributed by atoms with Gasteiger partial charge in [-0.1, -0.05) is 30.7 Å². The number of aromatic nitrogens is 2. The van der Waals surface area contributed by atoms with E-state index >= 15 is 0 Å². The largest absolute Gasteiger partial charge is 0.310 e. The molecule has 0 aliphatic carbocycles. The zero-order chi connectivity index (χ0) is 14.7. The van der Waals surface area contributed by atoms with Gasteiger partial charge in [-0.15, -0.1) is 0 Å². The zero-order valence-corrected chi connectivity index (χ0v) is 13.3. The Balaban J connectivity index is 2.26. The molecule has 1 heterocycles. The highest BCUT2D eigenvalue weighted by atomic mass is 35.5. The smallest absolute Gasteiger partial charge is 0.0596 e. The van der Waals surface area contributed by atoms with Crippen molar-refractivity contribution in [1.82, 2.24) is 15.1 Å². The van der Waals surface area contributed by atoms with Crippen LogP contribution in [0.1, 0.15) is 35.5 Å². The van der Waals surface area contributed by atoms with Crippen molar-refractivity contribution in [1.29, 1.82) is 0 Å². The van der Waals surface area contributed by atoms with Crippen LogP contribution in [0.4, 0.5) is 0 Å². The van der Waals surface area contributed by atoms with Gasteiger partial charge in [0, 0.05) is 30.2 Å². The normalized spacial score (nSPS) is 12.7. The van der Waals surface area contributed by atoms with Crippen molar-refractivity contribution in [3.63, 3.8) is 0 Å². The third-order valence-electron chi connectivity index (χ3n) is 3.56. The molecule has 108 valence electrons. The molecule has 0 aliphatic rings. The van der Waals surface area contributed by atoms with Crippen molar-refractivity contribution >= 4 is 11.6 Å².